The molecule has 2 unspecified atom stereocenters. The first kappa shape index (κ1) is 14.6. The van der Waals surface area contributed by atoms with Crippen LogP contribution in [0.2, 0.25) is 0 Å². The SMILES string of the molecule is CC(C)(C)OC(=O)NC1CCC(CN=[N+]=[N-])OC1. The number of nitrogens with zero attached hydrogens (tertiary/aromatic N) is 3. The molecule has 1 heterocycles. The van der Waals surface area contributed by atoms with E-state index in [9.17, 15) is 4.79 Å². The molecule has 0 aromatic rings. The van der Waals surface area contributed by atoms with Crippen LogP contribution in [-0.2, 0) is 9.47 Å². The molecule has 0 bridgehead atoms. The maximum Gasteiger partial charge on any atom is 0.407 e. The maximum absolute atomic E-state index is 11.5. The summed E-state index contributed by atoms with van der Waals surface area (Å²) in [7, 11) is 0. The van der Waals surface area contributed by atoms with Crippen LogP contribution in [0.5, 0.6) is 0 Å². The Labute approximate surface area is 106 Å². The molecule has 0 radical (unpaired) electrons. The van der Waals surface area contributed by atoms with Crippen LogP contribution in [0.1, 0.15) is 33.6 Å². The Balaban J connectivity index is 2.27. The predicted octanol–water partition coefficient (Wildman–Crippen LogP) is 2.37. The number of ether oxygens (including phenoxy) is 2. The first-order valence-electron chi connectivity index (χ1n) is 6.02. The van der Waals surface area contributed by atoms with E-state index < -0.39 is 11.7 Å². The van der Waals surface area contributed by atoms with Crippen molar-refractivity contribution < 1.29 is 14.3 Å². The molecule has 0 spiro atoms. The van der Waals surface area contributed by atoms with Gasteiger partial charge in [0.15, 0.2) is 0 Å². The van der Waals surface area contributed by atoms with Gasteiger partial charge in [0.1, 0.15) is 5.60 Å². The van der Waals surface area contributed by atoms with Crippen molar-refractivity contribution in [3.63, 3.8) is 0 Å². The Hall–Kier alpha value is -1.46. The van der Waals surface area contributed by atoms with Crippen LogP contribution in [0.15, 0.2) is 5.11 Å². The Morgan fingerprint density at radius 3 is 2.78 bits per heavy atom. The first-order chi connectivity index (χ1) is 8.40. The van der Waals surface area contributed by atoms with Gasteiger partial charge in [0.2, 0.25) is 0 Å². The molecule has 0 aromatic heterocycles. The number of carbonyl (C=O) groups excluding carboxylic acids is 1. The highest BCUT2D eigenvalue weighted by Gasteiger charge is 2.24. The lowest BCUT2D eigenvalue weighted by molar-refractivity contribution is -0.00317. The summed E-state index contributed by atoms with van der Waals surface area (Å²) in [5.74, 6) is 0. The number of carbonyl (C=O) groups is 1. The van der Waals surface area contributed by atoms with E-state index in [0.717, 1.165) is 12.8 Å². The molecule has 1 N–H and O–H groups in total. The van der Waals surface area contributed by atoms with Gasteiger partial charge in [-0.1, -0.05) is 5.11 Å². The third kappa shape index (κ3) is 5.75. The molecule has 1 amide bonds. The van der Waals surface area contributed by atoms with Gasteiger partial charge in [-0.25, -0.2) is 4.79 Å². The second-order valence-electron chi connectivity index (χ2n) is 5.29. The Morgan fingerprint density at radius 2 is 2.28 bits per heavy atom. The van der Waals surface area contributed by atoms with E-state index in [2.05, 4.69) is 15.3 Å². The zero-order valence-electron chi connectivity index (χ0n) is 11.0. The van der Waals surface area contributed by atoms with E-state index in [1.54, 1.807) is 0 Å². The minimum absolute atomic E-state index is 0.0397. The standard InChI is InChI=1S/C11H20N4O3/c1-11(2,3)18-10(16)14-8-4-5-9(17-7-8)6-13-15-12/h8-9H,4-7H2,1-3H3,(H,14,16). The largest absolute Gasteiger partial charge is 0.444 e. The van der Waals surface area contributed by atoms with Gasteiger partial charge < -0.3 is 14.8 Å². The zero-order valence-corrected chi connectivity index (χ0v) is 11.0. The Morgan fingerprint density at radius 1 is 1.56 bits per heavy atom. The summed E-state index contributed by atoms with van der Waals surface area (Å²) in [6, 6.07) is -0.0397. The van der Waals surface area contributed by atoms with Gasteiger partial charge in [-0.05, 0) is 39.1 Å². The van der Waals surface area contributed by atoms with Gasteiger partial charge >= 0.3 is 6.09 Å². The molecule has 0 aromatic carbocycles. The van der Waals surface area contributed by atoms with Crippen LogP contribution in [0.4, 0.5) is 4.79 Å². The van der Waals surface area contributed by atoms with Gasteiger partial charge in [0, 0.05) is 4.91 Å². The summed E-state index contributed by atoms with van der Waals surface area (Å²) < 4.78 is 10.6. The molecule has 1 saturated heterocycles. The highest BCUT2D eigenvalue weighted by atomic mass is 16.6. The second-order valence-corrected chi connectivity index (χ2v) is 5.29. The molecule has 102 valence electrons. The van der Waals surface area contributed by atoms with Crippen LogP contribution in [-0.4, -0.2) is 37.0 Å². The van der Waals surface area contributed by atoms with Crippen molar-refractivity contribution in [2.75, 3.05) is 13.2 Å². The molecular formula is C11H20N4O3. The van der Waals surface area contributed by atoms with E-state index >= 15 is 0 Å². The monoisotopic (exact) mass is 256 g/mol. The van der Waals surface area contributed by atoms with Crippen molar-refractivity contribution >= 4 is 6.09 Å². The van der Waals surface area contributed by atoms with Crippen LogP contribution in [0.3, 0.4) is 0 Å². The highest BCUT2D eigenvalue weighted by molar-refractivity contribution is 5.68. The van der Waals surface area contributed by atoms with Crippen molar-refractivity contribution in [1.29, 1.82) is 0 Å². The second kappa shape index (κ2) is 6.47. The zero-order chi connectivity index (χ0) is 13.6. The average molecular weight is 256 g/mol. The van der Waals surface area contributed by atoms with E-state index in [1.165, 1.54) is 0 Å². The average Bonchev–Trinajstić information content (AvgIpc) is 2.25. The third-order valence-electron chi connectivity index (χ3n) is 2.44. The van der Waals surface area contributed by atoms with E-state index in [0.29, 0.717) is 13.2 Å². The molecule has 1 fully saturated rings. The number of nitrogens with one attached hydrogen (secondary N) is 1. The van der Waals surface area contributed by atoms with Gasteiger partial charge in [0.05, 0.1) is 25.3 Å². The number of hydrogen-bond acceptors (Lipinski definition) is 4. The van der Waals surface area contributed by atoms with Crippen LogP contribution < -0.4 is 5.32 Å². The van der Waals surface area contributed by atoms with Crippen molar-refractivity contribution in [2.24, 2.45) is 5.11 Å². The summed E-state index contributed by atoms with van der Waals surface area (Å²) >= 11 is 0. The molecule has 2 atom stereocenters. The highest BCUT2D eigenvalue weighted by Crippen LogP contribution is 2.15. The number of amides is 1. The lowest BCUT2D eigenvalue weighted by Crippen LogP contribution is -2.45. The predicted molar refractivity (Wildman–Crippen MR) is 66.1 cm³/mol. The fourth-order valence-corrected chi connectivity index (χ4v) is 1.67. The number of azide groups is 1. The van der Waals surface area contributed by atoms with Crippen LogP contribution >= 0.6 is 0 Å². The van der Waals surface area contributed by atoms with Crippen molar-refractivity contribution in [2.45, 2.75) is 51.4 Å². The normalized spacial score (nSPS) is 23.9. The van der Waals surface area contributed by atoms with Gasteiger partial charge in [-0.3, -0.25) is 0 Å². The maximum atomic E-state index is 11.5. The summed E-state index contributed by atoms with van der Waals surface area (Å²) in [4.78, 5) is 14.2. The number of hydrogen-bond donors (Lipinski definition) is 1. The topological polar surface area (TPSA) is 96.3 Å². The molecule has 7 heteroatoms. The fourth-order valence-electron chi connectivity index (χ4n) is 1.67. The number of rotatable bonds is 3. The van der Waals surface area contributed by atoms with Crippen molar-refractivity contribution in [3.8, 4) is 0 Å². The van der Waals surface area contributed by atoms with Gasteiger partial charge in [-0.15, -0.1) is 0 Å². The van der Waals surface area contributed by atoms with Crippen molar-refractivity contribution in [3.05, 3.63) is 10.4 Å². The summed E-state index contributed by atoms with van der Waals surface area (Å²) in [6.07, 6.45) is 1.09. The summed E-state index contributed by atoms with van der Waals surface area (Å²) in [5.41, 5.74) is 7.71. The molecule has 0 saturated carbocycles. The van der Waals surface area contributed by atoms with Gasteiger partial charge in [-0.2, -0.15) is 0 Å². The van der Waals surface area contributed by atoms with E-state index in [1.807, 2.05) is 20.8 Å². The molecule has 0 aliphatic carbocycles. The smallest absolute Gasteiger partial charge is 0.407 e. The summed E-state index contributed by atoms with van der Waals surface area (Å²) in [5, 5.41) is 6.24. The quantitative estimate of drug-likeness (QED) is 0.477. The van der Waals surface area contributed by atoms with Gasteiger partial charge in [0.25, 0.3) is 0 Å². The lowest BCUT2D eigenvalue weighted by Gasteiger charge is -2.29. The summed E-state index contributed by atoms with van der Waals surface area (Å²) in [6.45, 7) is 6.22. The molecule has 1 aliphatic heterocycles. The molecule has 1 aliphatic rings. The molecular weight excluding hydrogens is 236 g/mol. The minimum Gasteiger partial charge on any atom is -0.444 e. The van der Waals surface area contributed by atoms with E-state index in [4.69, 9.17) is 15.0 Å². The van der Waals surface area contributed by atoms with Crippen LogP contribution in [0, 0.1) is 0 Å². The third-order valence-corrected chi connectivity index (χ3v) is 2.44. The first-order valence-corrected chi connectivity index (χ1v) is 6.02. The molecule has 1 rings (SSSR count). The minimum atomic E-state index is -0.496. The Kier molecular flexibility index (Phi) is 5.25. The van der Waals surface area contributed by atoms with Crippen LogP contribution in [0.25, 0.3) is 10.4 Å². The lowest BCUT2D eigenvalue weighted by atomic mass is 10.1. The van der Waals surface area contributed by atoms with Crippen molar-refractivity contribution in [1.82, 2.24) is 5.32 Å². The molecule has 7 nitrogen and oxygen atoms in total. The fraction of sp³-hybridized carbons (Fsp3) is 0.909. The molecule has 18 heavy (non-hydrogen) atoms. The Bertz CT molecular complexity index is 326. The number of alkyl carbamates (subject to hydrolysis) is 1. The van der Waals surface area contributed by atoms with E-state index in [-0.39, 0.29) is 12.1 Å².